The van der Waals surface area contributed by atoms with E-state index in [0.29, 0.717) is 18.9 Å². The Morgan fingerprint density at radius 1 is 1.62 bits per heavy atom. The highest BCUT2D eigenvalue weighted by atomic mass is 16.1. The molecule has 0 spiro atoms. The van der Waals surface area contributed by atoms with E-state index in [1.54, 1.807) is 0 Å². The van der Waals surface area contributed by atoms with Crippen LogP contribution in [0.15, 0.2) is 18.5 Å². The average molecular weight is 180 g/mol. The molecule has 0 saturated heterocycles. The number of hydrogen-bond acceptors (Lipinski definition) is 1. The predicted molar refractivity (Wildman–Crippen MR) is 52.1 cm³/mol. The van der Waals surface area contributed by atoms with E-state index in [1.807, 2.05) is 32.3 Å². The van der Waals surface area contributed by atoms with Gasteiger partial charge in [0.2, 0.25) is 5.91 Å². The molecular formula is C10H16N2O. The van der Waals surface area contributed by atoms with Crippen molar-refractivity contribution < 1.29 is 4.79 Å². The molecule has 1 aromatic rings. The molecule has 3 heteroatoms. The lowest BCUT2D eigenvalue weighted by molar-refractivity contribution is -0.121. The molecule has 1 rings (SSSR count). The predicted octanol–water partition coefficient (Wildman–Crippen LogP) is 1.68. The lowest BCUT2D eigenvalue weighted by Crippen LogP contribution is -2.23. The third kappa shape index (κ3) is 3.78. The van der Waals surface area contributed by atoms with Crippen molar-refractivity contribution in [3.05, 3.63) is 24.0 Å². The standard InChI is InChI=1S/C10H16N2O/c1-8(2)5-10(13)12-7-9-3-4-11-6-9/h3-4,6,8,11H,5,7H2,1-2H3,(H,12,13). The van der Waals surface area contributed by atoms with E-state index in [1.165, 1.54) is 0 Å². The molecule has 0 atom stereocenters. The van der Waals surface area contributed by atoms with Crippen molar-refractivity contribution >= 4 is 5.91 Å². The number of H-pyrrole nitrogens is 1. The summed E-state index contributed by atoms with van der Waals surface area (Å²) in [5.74, 6) is 0.544. The molecule has 1 amide bonds. The van der Waals surface area contributed by atoms with Gasteiger partial charge < -0.3 is 10.3 Å². The lowest BCUT2D eigenvalue weighted by atomic mass is 10.1. The monoisotopic (exact) mass is 180 g/mol. The quantitative estimate of drug-likeness (QED) is 0.727. The first-order valence-electron chi connectivity index (χ1n) is 4.57. The molecule has 0 saturated carbocycles. The van der Waals surface area contributed by atoms with Crippen LogP contribution in [0.4, 0.5) is 0 Å². The molecule has 0 bridgehead atoms. The van der Waals surface area contributed by atoms with Gasteiger partial charge in [-0.05, 0) is 17.5 Å². The first-order chi connectivity index (χ1) is 6.18. The second-order valence-electron chi connectivity index (χ2n) is 3.59. The molecule has 0 aliphatic heterocycles. The number of nitrogens with one attached hydrogen (secondary N) is 2. The van der Waals surface area contributed by atoms with E-state index in [9.17, 15) is 4.79 Å². The minimum atomic E-state index is 0.121. The Balaban J connectivity index is 2.23. The molecule has 0 aliphatic rings. The van der Waals surface area contributed by atoms with Gasteiger partial charge in [-0.3, -0.25) is 4.79 Å². The Morgan fingerprint density at radius 2 is 2.38 bits per heavy atom. The Hall–Kier alpha value is -1.25. The third-order valence-corrected chi connectivity index (χ3v) is 1.75. The molecule has 3 nitrogen and oxygen atoms in total. The molecule has 72 valence electrons. The molecule has 1 heterocycles. The zero-order valence-corrected chi connectivity index (χ0v) is 8.13. The summed E-state index contributed by atoms with van der Waals surface area (Å²) in [7, 11) is 0. The fourth-order valence-electron chi connectivity index (χ4n) is 1.11. The Labute approximate surface area is 78.5 Å². The van der Waals surface area contributed by atoms with Crippen LogP contribution in [-0.4, -0.2) is 10.9 Å². The van der Waals surface area contributed by atoms with Gasteiger partial charge in [0, 0.05) is 25.4 Å². The molecule has 0 aromatic carbocycles. The van der Waals surface area contributed by atoms with Gasteiger partial charge in [0.1, 0.15) is 0 Å². The van der Waals surface area contributed by atoms with Crippen LogP contribution in [0.2, 0.25) is 0 Å². The smallest absolute Gasteiger partial charge is 0.220 e. The summed E-state index contributed by atoms with van der Waals surface area (Å²) in [6.45, 7) is 4.70. The summed E-state index contributed by atoms with van der Waals surface area (Å²) in [6, 6.07) is 1.95. The van der Waals surface area contributed by atoms with Crippen LogP contribution in [0.3, 0.4) is 0 Å². The van der Waals surface area contributed by atoms with Gasteiger partial charge in [-0.25, -0.2) is 0 Å². The molecule has 0 radical (unpaired) electrons. The SMILES string of the molecule is CC(C)CC(=O)NCc1cc[nH]c1. The zero-order chi connectivity index (χ0) is 9.68. The van der Waals surface area contributed by atoms with E-state index in [-0.39, 0.29) is 5.91 Å². The van der Waals surface area contributed by atoms with E-state index in [0.717, 1.165) is 5.56 Å². The summed E-state index contributed by atoms with van der Waals surface area (Å²) in [4.78, 5) is 14.2. The van der Waals surface area contributed by atoms with Gasteiger partial charge in [-0.1, -0.05) is 13.8 Å². The number of rotatable bonds is 4. The van der Waals surface area contributed by atoms with Crippen LogP contribution in [0, 0.1) is 5.92 Å². The van der Waals surface area contributed by atoms with Gasteiger partial charge >= 0.3 is 0 Å². The topological polar surface area (TPSA) is 44.9 Å². The van der Waals surface area contributed by atoms with Crippen LogP contribution in [0.25, 0.3) is 0 Å². The van der Waals surface area contributed by atoms with Gasteiger partial charge in [-0.15, -0.1) is 0 Å². The zero-order valence-electron chi connectivity index (χ0n) is 8.13. The molecule has 0 aliphatic carbocycles. The van der Waals surface area contributed by atoms with Crippen molar-refractivity contribution in [1.29, 1.82) is 0 Å². The number of amides is 1. The second kappa shape index (κ2) is 4.70. The van der Waals surface area contributed by atoms with Crippen molar-refractivity contribution in [1.82, 2.24) is 10.3 Å². The van der Waals surface area contributed by atoms with E-state index < -0.39 is 0 Å². The van der Waals surface area contributed by atoms with Crippen LogP contribution in [-0.2, 0) is 11.3 Å². The Bertz CT molecular complexity index is 252. The highest BCUT2D eigenvalue weighted by Crippen LogP contribution is 2.00. The first kappa shape index (κ1) is 9.84. The largest absolute Gasteiger partial charge is 0.367 e. The van der Waals surface area contributed by atoms with Crippen molar-refractivity contribution in [3.8, 4) is 0 Å². The number of aromatic amines is 1. The molecule has 0 unspecified atom stereocenters. The normalized spacial score (nSPS) is 10.4. The van der Waals surface area contributed by atoms with Gasteiger partial charge in [0.15, 0.2) is 0 Å². The number of aromatic nitrogens is 1. The number of carbonyl (C=O) groups is 1. The highest BCUT2D eigenvalue weighted by molar-refractivity contribution is 5.76. The highest BCUT2D eigenvalue weighted by Gasteiger charge is 2.03. The van der Waals surface area contributed by atoms with E-state index in [4.69, 9.17) is 0 Å². The van der Waals surface area contributed by atoms with Gasteiger partial charge in [0.05, 0.1) is 0 Å². The summed E-state index contributed by atoms with van der Waals surface area (Å²) in [5, 5.41) is 2.86. The van der Waals surface area contributed by atoms with Crippen molar-refractivity contribution in [3.63, 3.8) is 0 Å². The minimum absolute atomic E-state index is 0.121. The minimum Gasteiger partial charge on any atom is -0.367 e. The van der Waals surface area contributed by atoms with E-state index >= 15 is 0 Å². The maximum Gasteiger partial charge on any atom is 0.220 e. The van der Waals surface area contributed by atoms with Crippen molar-refractivity contribution in [2.45, 2.75) is 26.8 Å². The maximum atomic E-state index is 11.2. The molecule has 13 heavy (non-hydrogen) atoms. The number of carbonyl (C=O) groups excluding carboxylic acids is 1. The van der Waals surface area contributed by atoms with Crippen LogP contribution < -0.4 is 5.32 Å². The van der Waals surface area contributed by atoms with Crippen molar-refractivity contribution in [2.75, 3.05) is 0 Å². The summed E-state index contributed by atoms with van der Waals surface area (Å²) in [5.41, 5.74) is 1.11. The molecule has 1 aromatic heterocycles. The van der Waals surface area contributed by atoms with Crippen LogP contribution in [0.5, 0.6) is 0 Å². The first-order valence-corrected chi connectivity index (χ1v) is 4.57. The molecule has 2 N–H and O–H groups in total. The second-order valence-corrected chi connectivity index (χ2v) is 3.59. The van der Waals surface area contributed by atoms with Gasteiger partial charge in [0.25, 0.3) is 0 Å². The fraction of sp³-hybridized carbons (Fsp3) is 0.500. The Morgan fingerprint density at radius 3 is 2.92 bits per heavy atom. The summed E-state index contributed by atoms with van der Waals surface area (Å²) in [6.07, 6.45) is 4.34. The van der Waals surface area contributed by atoms with Gasteiger partial charge in [-0.2, -0.15) is 0 Å². The maximum absolute atomic E-state index is 11.2. The Kier molecular flexibility index (Phi) is 3.55. The van der Waals surface area contributed by atoms with E-state index in [2.05, 4.69) is 10.3 Å². The van der Waals surface area contributed by atoms with Crippen LogP contribution >= 0.6 is 0 Å². The molecular weight excluding hydrogens is 164 g/mol. The average Bonchev–Trinajstić information content (AvgIpc) is 2.51. The summed E-state index contributed by atoms with van der Waals surface area (Å²) < 4.78 is 0. The molecule has 0 fully saturated rings. The van der Waals surface area contributed by atoms with Crippen LogP contribution in [0.1, 0.15) is 25.8 Å². The number of hydrogen-bond donors (Lipinski definition) is 2. The summed E-state index contributed by atoms with van der Waals surface area (Å²) >= 11 is 0. The van der Waals surface area contributed by atoms with Crippen molar-refractivity contribution in [2.24, 2.45) is 5.92 Å². The fourth-order valence-corrected chi connectivity index (χ4v) is 1.11. The lowest BCUT2D eigenvalue weighted by Gasteiger charge is -2.05. The third-order valence-electron chi connectivity index (χ3n) is 1.75.